The molecule has 0 unspecified atom stereocenters. The summed E-state index contributed by atoms with van der Waals surface area (Å²) < 4.78 is 1.82. The lowest BCUT2D eigenvalue weighted by atomic mass is 10.2. The van der Waals surface area contributed by atoms with Crippen LogP contribution in [0.25, 0.3) is 5.69 Å². The summed E-state index contributed by atoms with van der Waals surface area (Å²) in [4.78, 5) is 0. The molecule has 2 aromatic rings. The molecule has 1 heterocycles. The summed E-state index contributed by atoms with van der Waals surface area (Å²) in [6, 6.07) is 5.76. The molecule has 0 aliphatic heterocycles. The number of hydrogen-bond donors (Lipinski definition) is 1. The first-order chi connectivity index (χ1) is 8.22. The van der Waals surface area contributed by atoms with Gasteiger partial charge in [-0.3, -0.25) is 0 Å². The molecule has 0 amide bonds. The molecule has 1 aromatic carbocycles. The summed E-state index contributed by atoms with van der Waals surface area (Å²) in [5.41, 5.74) is 3.12. The van der Waals surface area contributed by atoms with Crippen LogP contribution in [0.3, 0.4) is 0 Å². The van der Waals surface area contributed by atoms with Crippen LogP contribution in [-0.2, 0) is 6.54 Å². The van der Waals surface area contributed by atoms with Crippen molar-refractivity contribution < 1.29 is 0 Å². The number of rotatable bonds is 4. The van der Waals surface area contributed by atoms with E-state index in [4.69, 9.17) is 11.6 Å². The Morgan fingerprint density at radius 1 is 1.41 bits per heavy atom. The Balaban J connectivity index is 2.38. The van der Waals surface area contributed by atoms with Gasteiger partial charge in [0.15, 0.2) is 0 Å². The first kappa shape index (κ1) is 12.1. The molecule has 2 rings (SSSR count). The van der Waals surface area contributed by atoms with Crippen molar-refractivity contribution in [1.82, 2.24) is 20.3 Å². The molecule has 0 atom stereocenters. The van der Waals surface area contributed by atoms with Gasteiger partial charge in [-0.05, 0) is 31.2 Å². The van der Waals surface area contributed by atoms with E-state index in [2.05, 4.69) is 22.6 Å². The maximum absolute atomic E-state index is 6.01. The van der Waals surface area contributed by atoms with Crippen molar-refractivity contribution in [2.24, 2.45) is 0 Å². The van der Waals surface area contributed by atoms with Gasteiger partial charge in [0, 0.05) is 11.6 Å². The van der Waals surface area contributed by atoms with Crippen molar-refractivity contribution in [3.8, 4) is 5.69 Å². The molecular formula is C12H15ClN4. The van der Waals surface area contributed by atoms with Crippen molar-refractivity contribution >= 4 is 11.6 Å². The molecule has 0 spiro atoms. The Morgan fingerprint density at radius 3 is 3.00 bits per heavy atom. The molecular weight excluding hydrogens is 236 g/mol. The number of aromatic nitrogens is 3. The van der Waals surface area contributed by atoms with Crippen LogP contribution in [0.5, 0.6) is 0 Å². The first-order valence-corrected chi connectivity index (χ1v) is 5.97. The van der Waals surface area contributed by atoms with Crippen molar-refractivity contribution in [1.29, 1.82) is 0 Å². The molecule has 90 valence electrons. The maximum Gasteiger partial charge on any atom is 0.0783 e. The average Bonchev–Trinajstić information content (AvgIpc) is 2.77. The third-order valence-corrected chi connectivity index (χ3v) is 2.81. The lowest BCUT2D eigenvalue weighted by molar-refractivity contribution is 0.671. The summed E-state index contributed by atoms with van der Waals surface area (Å²) in [6.45, 7) is 5.76. The van der Waals surface area contributed by atoms with Gasteiger partial charge < -0.3 is 5.32 Å². The van der Waals surface area contributed by atoms with Crippen LogP contribution in [0, 0.1) is 6.92 Å². The van der Waals surface area contributed by atoms with Crippen molar-refractivity contribution in [2.75, 3.05) is 6.54 Å². The smallest absolute Gasteiger partial charge is 0.0783 e. The highest BCUT2D eigenvalue weighted by Crippen LogP contribution is 2.19. The van der Waals surface area contributed by atoms with Gasteiger partial charge in [0.05, 0.1) is 17.6 Å². The summed E-state index contributed by atoms with van der Waals surface area (Å²) in [5, 5.41) is 12.0. The standard InChI is InChI=1S/C12H15ClN4/c1-3-14-7-11-8-15-16-17(11)12-6-10(13)5-4-9(12)2/h4-6,8,14H,3,7H2,1-2H3. The van der Waals surface area contributed by atoms with Crippen LogP contribution >= 0.6 is 11.6 Å². The number of hydrogen-bond acceptors (Lipinski definition) is 3. The van der Waals surface area contributed by atoms with Gasteiger partial charge in [-0.25, -0.2) is 4.68 Å². The fourth-order valence-corrected chi connectivity index (χ4v) is 1.81. The van der Waals surface area contributed by atoms with Gasteiger partial charge in [0.25, 0.3) is 0 Å². The van der Waals surface area contributed by atoms with Gasteiger partial charge in [-0.15, -0.1) is 5.10 Å². The van der Waals surface area contributed by atoms with Gasteiger partial charge in [-0.1, -0.05) is 29.8 Å². The fraction of sp³-hybridized carbons (Fsp3) is 0.333. The third-order valence-electron chi connectivity index (χ3n) is 2.58. The van der Waals surface area contributed by atoms with E-state index < -0.39 is 0 Å². The van der Waals surface area contributed by atoms with Gasteiger partial charge >= 0.3 is 0 Å². The molecule has 17 heavy (non-hydrogen) atoms. The molecule has 0 saturated carbocycles. The van der Waals surface area contributed by atoms with E-state index in [1.165, 1.54) is 0 Å². The van der Waals surface area contributed by atoms with E-state index in [1.54, 1.807) is 6.20 Å². The number of nitrogens with one attached hydrogen (secondary N) is 1. The monoisotopic (exact) mass is 250 g/mol. The molecule has 0 radical (unpaired) electrons. The molecule has 0 fully saturated rings. The van der Waals surface area contributed by atoms with E-state index in [0.717, 1.165) is 30.0 Å². The molecule has 0 aliphatic rings. The largest absolute Gasteiger partial charge is 0.311 e. The Morgan fingerprint density at radius 2 is 2.24 bits per heavy atom. The Kier molecular flexibility index (Phi) is 3.76. The zero-order chi connectivity index (χ0) is 12.3. The maximum atomic E-state index is 6.01. The van der Waals surface area contributed by atoms with Crippen LogP contribution < -0.4 is 5.32 Å². The summed E-state index contributed by atoms with van der Waals surface area (Å²) in [5.74, 6) is 0. The SMILES string of the molecule is CCNCc1cnnn1-c1cc(Cl)ccc1C. The number of benzene rings is 1. The first-order valence-electron chi connectivity index (χ1n) is 5.59. The van der Waals surface area contributed by atoms with Crippen molar-refractivity contribution in [3.05, 3.63) is 40.7 Å². The van der Waals surface area contributed by atoms with Crippen molar-refractivity contribution in [2.45, 2.75) is 20.4 Å². The summed E-state index contributed by atoms with van der Waals surface area (Å²) >= 11 is 6.01. The normalized spacial score (nSPS) is 10.8. The minimum Gasteiger partial charge on any atom is -0.311 e. The predicted octanol–water partition coefficient (Wildman–Crippen LogP) is 2.34. The van der Waals surface area contributed by atoms with Crippen LogP contribution in [0.1, 0.15) is 18.2 Å². The second kappa shape index (κ2) is 5.29. The van der Waals surface area contributed by atoms with E-state index in [1.807, 2.05) is 29.8 Å². The number of halogens is 1. The topological polar surface area (TPSA) is 42.7 Å². The van der Waals surface area contributed by atoms with Gasteiger partial charge in [0.1, 0.15) is 0 Å². The lowest BCUT2D eigenvalue weighted by Gasteiger charge is -2.09. The van der Waals surface area contributed by atoms with Crippen LogP contribution in [0.4, 0.5) is 0 Å². The third kappa shape index (κ3) is 2.65. The fourth-order valence-electron chi connectivity index (χ4n) is 1.64. The molecule has 0 aliphatic carbocycles. The molecule has 5 heteroatoms. The highest BCUT2D eigenvalue weighted by molar-refractivity contribution is 6.30. The lowest BCUT2D eigenvalue weighted by Crippen LogP contribution is -2.15. The average molecular weight is 251 g/mol. The van der Waals surface area contributed by atoms with Crippen LogP contribution in [0.15, 0.2) is 24.4 Å². The number of nitrogens with zero attached hydrogens (tertiary/aromatic N) is 3. The molecule has 4 nitrogen and oxygen atoms in total. The van der Waals surface area contributed by atoms with E-state index in [0.29, 0.717) is 5.02 Å². The van der Waals surface area contributed by atoms with E-state index >= 15 is 0 Å². The minimum atomic E-state index is 0.704. The molecule has 1 aromatic heterocycles. The van der Waals surface area contributed by atoms with Crippen LogP contribution in [0.2, 0.25) is 5.02 Å². The Bertz CT molecular complexity index is 507. The highest BCUT2D eigenvalue weighted by atomic mass is 35.5. The van der Waals surface area contributed by atoms with Crippen LogP contribution in [-0.4, -0.2) is 21.5 Å². The molecule has 0 saturated heterocycles. The number of aryl methyl sites for hydroxylation is 1. The highest BCUT2D eigenvalue weighted by Gasteiger charge is 2.08. The second-order valence-electron chi connectivity index (χ2n) is 3.85. The summed E-state index contributed by atoms with van der Waals surface area (Å²) in [7, 11) is 0. The van der Waals surface area contributed by atoms with Gasteiger partial charge in [0.2, 0.25) is 0 Å². The zero-order valence-electron chi connectivity index (χ0n) is 9.94. The predicted molar refractivity (Wildman–Crippen MR) is 68.5 cm³/mol. The Labute approximate surface area is 106 Å². The molecule has 0 bridgehead atoms. The van der Waals surface area contributed by atoms with E-state index in [-0.39, 0.29) is 0 Å². The molecule has 1 N–H and O–H groups in total. The zero-order valence-corrected chi connectivity index (χ0v) is 10.7. The summed E-state index contributed by atoms with van der Waals surface area (Å²) in [6.07, 6.45) is 1.77. The quantitative estimate of drug-likeness (QED) is 0.906. The van der Waals surface area contributed by atoms with Gasteiger partial charge in [-0.2, -0.15) is 0 Å². The second-order valence-corrected chi connectivity index (χ2v) is 4.28. The Hall–Kier alpha value is -1.39. The minimum absolute atomic E-state index is 0.704. The van der Waals surface area contributed by atoms with E-state index in [9.17, 15) is 0 Å². The van der Waals surface area contributed by atoms with Crippen molar-refractivity contribution in [3.63, 3.8) is 0 Å².